The summed E-state index contributed by atoms with van der Waals surface area (Å²) in [6, 6.07) is 14.2. The molecule has 0 radical (unpaired) electrons. The molecule has 234 valence electrons. The highest BCUT2D eigenvalue weighted by Crippen LogP contribution is 2.22. The molecule has 13 heteroatoms. The number of fused-ring (bicyclic) bond motifs is 2. The largest absolute Gasteiger partial charge is 0.494 e. The lowest BCUT2D eigenvalue weighted by Crippen LogP contribution is -2.49. The average molecular weight is 614 g/mol. The lowest BCUT2D eigenvalue weighted by molar-refractivity contribution is -0.124. The molecule has 0 fully saturated rings. The topological polar surface area (TPSA) is 169 Å². The number of hydrogen-bond acceptors (Lipinski definition) is 8. The smallest absolute Gasteiger partial charge is 0.273 e. The molecule has 1 aliphatic rings. The number of para-hydroxylation sites is 2. The number of ether oxygens (including phenoxy) is 1. The van der Waals surface area contributed by atoms with Crippen molar-refractivity contribution in [1.82, 2.24) is 36.0 Å². The maximum absolute atomic E-state index is 13.4. The summed E-state index contributed by atoms with van der Waals surface area (Å²) in [6.07, 6.45) is 5.81. The molecule has 3 heterocycles. The van der Waals surface area contributed by atoms with Crippen LogP contribution in [0.1, 0.15) is 64.5 Å². The Hall–Kier alpha value is -5.46. The first-order valence-electron chi connectivity index (χ1n) is 14.7. The Kier molecular flexibility index (Phi) is 9.87. The Morgan fingerprint density at radius 3 is 2.62 bits per heavy atom. The monoisotopic (exact) mass is 613 g/mol. The molecule has 2 bridgehead atoms. The number of carbonyl (C=O) groups excluding carboxylic acids is 4. The number of benzene rings is 2. The van der Waals surface area contributed by atoms with E-state index in [0.29, 0.717) is 37.2 Å². The fraction of sp³-hybridized carbons (Fsp3) is 0.312. The summed E-state index contributed by atoms with van der Waals surface area (Å²) < 4.78 is 12.4. The highest BCUT2D eigenvalue weighted by Gasteiger charge is 2.28. The fourth-order valence-electron chi connectivity index (χ4n) is 4.97. The van der Waals surface area contributed by atoms with E-state index in [-0.39, 0.29) is 29.5 Å². The van der Waals surface area contributed by atoms with E-state index < -0.39 is 35.8 Å². The molecule has 0 saturated heterocycles. The van der Waals surface area contributed by atoms with Gasteiger partial charge in [-0.2, -0.15) is 5.10 Å². The van der Waals surface area contributed by atoms with Gasteiger partial charge in [0.15, 0.2) is 5.69 Å². The quantitative estimate of drug-likeness (QED) is 0.257. The number of nitrogens with zero attached hydrogens (tertiary/aromatic N) is 3. The van der Waals surface area contributed by atoms with Crippen LogP contribution in [0.3, 0.4) is 0 Å². The van der Waals surface area contributed by atoms with Gasteiger partial charge in [-0.1, -0.05) is 42.5 Å². The third-order valence-electron chi connectivity index (χ3n) is 7.41. The minimum Gasteiger partial charge on any atom is -0.494 e. The van der Waals surface area contributed by atoms with Crippen molar-refractivity contribution in [2.45, 2.75) is 50.7 Å². The Bertz CT molecular complexity index is 1650. The molecule has 2 aromatic heterocycles. The summed E-state index contributed by atoms with van der Waals surface area (Å²) in [7, 11) is 1.55. The van der Waals surface area contributed by atoms with Crippen LogP contribution in [0.2, 0.25) is 0 Å². The van der Waals surface area contributed by atoms with Gasteiger partial charge in [0.05, 0.1) is 18.9 Å². The second kappa shape index (κ2) is 14.3. The van der Waals surface area contributed by atoms with Gasteiger partial charge in [0.1, 0.15) is 35.8 Å². The number of methoxy groups -OCH3 is 1. The third kappa shape index (κ3) is 7.74. The van der Waals surface area contributed by atoms with Crippen LogP contribution < -0.4 is 26.0 Å². The SMILES string of the molecule is COc1ccccc1-n1cc(C(=O)N[C@H]2CCCCNC(=O)[C@H](Cc3ccccc3)NC(=O)c3coc(n3)[C@H](C)NC2=O)cn1. The molecule has 4 amide bonds. The van der Waals surface area contributed by atoms with Crippen molar-refractivity contribution < 1.29 is 28.3 Å². The highest BCUT2D eigenvalue weighted by atomic mass is 16.5. The standard InChI is InChI=1S/C32H35N7O6/c1-20-32-38-25(19-45-32)31(43)37-24(16-21-10-4-3-5-11-21)29(41)33-15-9-8-12-23(30(42)35-20)36-28(40)22-17-34-39(18-22)26-13-6-7-14-27(26)44-2/h3-7,10-11,13-14,17-20,23-24H,8-9,12,15-16H2,1-2H3,(H,33,41)(H,35,42)(H,36,40)(H,37,43)/t20-,23-,24-/m0/s1. The minimum absolute atomic E-state index is 0.0269. The van der Waals surface area contributed by atoms with Gasteiger partial charge < -0.3 is 30.4 Å². The second-order valence-electron chi connectivity index (χ2n) is 10.7. The van der Waals surface area contributed by atoms with Gasteiger partial charge in [-0.25, -0.2) is 9.67 Å². The van der Waals surface area contributed by atoms with Gasteiger partial charge in [0.25, 0.3) is 11.8 Å². The summed E-state index contributed by atoms with van der Waals surface area (Å²) in [5.41, 5.74) is 1.77. The Morgan fingerprint density at radius 1 is 1.04 bits per heavy atom. The van der Waals surface area contributed by atoms with Crippen LogP contribution >= 0.6 is 0 Å². The molecule has 1 aliphatic heterocycles. The molecule has 4 aromatic rings. The third-order valence-corrected chi connectivity index (χ3v) is 7.41. The van der Waals surface area contributed by atoms with Gasteiger partial charge in [0.2, 0.25) is 17.7 Å². The van der Waals surface area contributed by atoms with E-state index in [2.05, 4.69) is 31.3 Å². The number of hydrogen-bond donors (Lipinski definition) is 4. The molecule has 4 N–H and O–H groups in total. The molecule has 0 aliphatic carbocycles. The number of rotatable bonds is 6. The maximum Gasteiger partial charge on any atom is 0.273 e. The number of amides is 4. The van der Waals surface area contributed by atoms with Gasteiger partial charge in [-0.3, -0.25) is 19.2 Å². The molecule has 5 rings (SSSR count). The summed E-state index contributed by atoms with van der Waals surface area (Å²) >= 11 is 0. The van der Waals surface area contributed by atoms with Crippen molar-refractivity contribution >= 4 is 23.6 Å². The van der Waals surface area contributed by atoms with Crippen LogP contribution in [0.4, 0.5) is 0 Å². The first-order chi connectivity index (χ1) is 21.8. The highest BCUT2D eigenvalue weighted by molar-refractivity contribution is 5.97. The summed E-state index contributed by atoms with van der Waals surface area (Å²) in [6.45, 7) is 1.98. The Labute approximate surface area is 259 Å². The lowest BCUT2D eigenvalue weighted by atomic mass is 10.0. The van der Waals surface area contributed by atoms with Crippen LogP contribution in [0, 0.1) is 0 Å². The van der Waals surface area contributed by atoms with Crippen LogP contribution in [-0.4, -0.2) is 64.1 Å². The van der Waals surface area contributed by atoms with Gasteiger partial charge in [-0.05, 0) is 43.9 Å². The molecular formula is C32H35N7O6. The summed E-state index contributed by atoms with van der Waals surface area (Å²) in [4.78, 5) is 57.0. The maximum atomic E-state index is 13.4. The number of oxazole rings is 1. The first-order valence-corrected chi connectivity index (χ1v) is 14.7. The zero-order valence-corrected chi connectivity index (χ0v) is 25.0. The van der Waals surface area contributed by atoms with Crippen molar-refractivity contribution in [3.05, 3.63) is 96.0 Å². The molecule has 0 spiro atoms. The molecular weight excluding hydrogens is 578 g/mol. The average Bonchev–Trinajstić information content (AvgIpc) is 3.75. The lowest BCUT2D eigenvalue weighted by Gasteiger charge is -2.21. The molecule has 0 saturated carbocycles. The van der Waals surface area contributed by atoms with Crippen molar-refractivity contribution in [1.29, 1.82) is 0 Å². The van der Waals surface area contributed by atoms with E-state index in [1.165, 1.54) is 17.1 Å². The van der Waals surface area contributed by atoms with Gasteiger partial charge >= 0.3 is 0 Å². The van der Waals surface area contributed by atoms with Gasteiger partial charge in [-0.15, -0.1) is 0 Å². The second-order valence-corrected chi connectivity index (χ2v) is 10.7. The Morgan fingerprint density at radius 2 is 1.82 bits per heavy atom. The van der Waals surface area contributed by atoms with E-state index in [0.717, 1.165) is 5.56 Å². The normalized spacial score (nSPS) is 19.6. The first kappa shape index (κ1) is 31.0. The van der Waals surface area contributed by atoms with Crippen LogP contribution in [0.5, 0.6) is 5.75 Å². The van der Waals surface area contributed by atoms with E-state index in [1.54, 1.807) is 26.3 Å². The van der Waals surface area contributed by atoms with Gasteiger partial charge in [0, 0.05) is 19.2 Å². The van der Waals surface area contributed by atoms with Crippen molar-refractivity contribution in [3.8, 4) is 11.4 Å². The van der Waals surface area contributed by atoms with Crippen LogP contribution in [0.25, 0.3) is 5.69 Å². The van der Waals surface area contributed by atoms with E-state index >= 15 is 0 Å². The minimum atomic E-state index is -0.901. The number of nitrogens with one attached hydrogen (secondary N) is 4. The number of aromatic nitrogens is 3. The molecule has 2 aromatic carbocycles. The van der Waals surface area contributed by atoms with E-state index in [4.69, 9.17) is 9.15 Å². The summed E-state index contributed by atoms with van der Waals surface area (Å²) in [5.74, 6) is -1.16. The zero-order chi connectivity index (χ0) is 31.8. The van der Waals surface area contributed by atoms with Crippen molar-refractivity contribution in [2.24, 2.45) is 0 Å². The molecule has 13 nitrogen and oxygen atoms in total. The Balaban J connectivity index is 1.31. The molecule has 3 atom stereocenters. The van der Waals surface area contributed by atoms with Crippen molar-refractivity contribution in [3.63, 3.8) is 0 Å². The summed E-state index contributed by atoms with van der Waals surface area (Å²) in [5, 5.41) is 15.6. The number of carbonyl (C=O) groups is 4. The zero-order valence-electron chi connectivity index (χ0n) is 25.0. The fourth-order valence-corrected chi connectivity index (χ4v) is 4.97. The molecule has 0 unspecified atom stereocenters. The molecule has 45 heavy (non-hydrogen) atoms. The van der Waals surface area contributed by atoms with Crippen molar-refractivity contribution in [2.75, 3.05) is 13.7 Å². The van der Waals surface area contributed by atoms with Crippen LogP contribution in [-0.2, 0) is 16.0 Å². The predicted molar refractivity (Wildman–Crippen MR) is 163 cm³/mol. The van der Waals surface area contributed by atoms with E-state index in [1.807, 2.05) is 48.5 Å². The van der Waals surface area contributed by atoms with E-state index in [9.17, 15) is 19.2 Å². The van der Waals surface area contributed by atoms with Crippen LogP contribution in [0.15, 0.2) is 77.7 Å². The predicted octanol–water partition coefficient (Wildman–Crippen LogP) is 2.49.